The Morgan fingerprint density at radius 1 is 1.53 bits per heavy atom. The van der Waals surface area contributed by atoms with Crippen LogP contribution in [0.3, 0.4) is 0 Å². The van der Waals surface area contributed by atoms with E-state index in [2.05, 4.69) is 20.5 Å². The van der Waals surface area contributed by atoms with Crippen molar-refractivity contribution in [1.29, 1.82) is 0 Å². The number of H-pyrrole nitrogens is 1. The molecular weight excluding hydrogens is 242 g/mol. The van der Waals surface area contributed by atoms with E-state index in [0.717, 1.165) is 12.1 Å². The number of pyridine rings is 1. The van der Waals surface area contributed by atoms with Gasteiger partial charge in [0.1, 0.15) is 5.82 Å². The van der Waals surface area contributed by atoms with Gasteiger partial charge in [0.25, 0.3) is 5.91 Å². The summed E-state index contributed by atoms with van der Waals surface area (Å²) in [4.78, 5) is 18.1. The molecule has 2 aromatic rings. The summed E-state index contributed by atoms with van der Waals surface area (Å²) in [6.07, 6.45) is 5.12. The summed E-state index contributed by atoms with van der Waals surface area (Å²) in [5, 5.41) is 9.68. The van der Waals surface area contributed by atoms with E-state index in [4.69, 9.17) is 0 Å². The van der Waals surface area contributed by atoms with Crippen LogP contribution in [0.2, 0.25) is 0 Å². The summed E-state index contributed by atoms with van der Waals surface area (Å²) in [6.45, 7) is 3.28. The quantitative estimate of drug-likeness (QED) is 0.853. The Kier molecular flexibility index (Phi) is 4.12. The number of nitrogens with one attached hydrogen (secondary N) is 2. The molecule has 2 heterocycles. The van der Waals surface area contributed by atoms with E-state index in [9.17, 15) is 4.79 Å². The molecule has 6 nitrogen and oxygen atoms in total. The van der Waals surface area contributed by atoms with Crippen LogP contribution >= 0.6 is 0 Å². The van der Waals surface area contributed by atoms with Crippen molar-refractivity contribution in [2.45, 2.75) is 13.5 Å². The van der Waals surface area contributed by atoms with Gasteiger partial charge < -0.3 is 10.2 Å². The Balaban J connectivity index is 2.08. The molecule has 0 aliphatic heterocycles. The number of amides is 1. The molecule has 0 aliphatic carbocycles. The summed E-state index contributed by atoms with van der Waals surface area (Å²) < 4.78 is 0. The van der Waals surface area contributed by atoms with Crippen molar-refractivity contribution >= 4 is 11.7 Å². The molecule has 100 valence electrons. The van der Waals surface area contributed by atoms with Crippen LogP contribution in [0.25, 0.3) is 0 Å². The molecule has 0 bridgehead atoms. The van der Waals surface area contributed by atoms with Crippen LogP contribution < -0.4 is 5.32 Å². The van der Waals surface area contributed by atoms with Gasteiger partial charge >= 0.3 is 0 Å². The zero-order chi connectivity index (χ0) is 13.7. The average molecular weight is 259 g/mol. The van der Waals surface area contributed by atoms with Crippen molar-refractivity contribution in [3.63, 3.8) is 0 Å². The van der Waals surface area contributed by atoms with Crippen LogP contribution in [0.5, 0.6) is 0 Å². The highest BCUT2D eigenvalue weighted by molar-refractivity contribution is 5.94. The number of aromatic nitrogens is 3. The fourth-order valence-corrected chi connectivity index (χ4v) is 1.77. The molecule has 0 aromatic carbocycles. The van der Waals surface area contributed by atoms with Gasteiger partial charge in [-0.3, -0.25) is 9.89 Å². The van der Waals surface area contributed by atoms with Crippen molar-refractivity contribution in [2.24, 2.45) is 0 Å². The molecule has 0 fully saturated rings. The maximum absolute atomic E-state index is 12.3. The van der Waals surface area contributed by atoms with Crippen molar-refractivity contribution < 1.29 is 4.79 Å². The van der Waals surface area contributed by atoms with Gasteiger partial charge in [0, 0.05) is 43.7 Å². The largest absolute Gasteiger partial charge is 0.370 e. The van der Waals surface area contributed by atoms with Gasteiger partial charge in [-0.2, -0.15) is 5.10 Å². The first-order valence-electron chi connectivity index (χ1n) is 6.13. The van der Waals surface area contributed by atoms with E-state index in [0.29, 0.717) is 17.9 Å². The molecular formula is C13H17N5O. The van der Waals surface area contributed by atoms with E-state index < -0.39 is 0 Å². The maximum atomic E-state index is 12.3. The predicted molar refractivity (Wildman–Crippen MR) is 72.8 cm³/mol. The molecule has 0 saturated carbocycles. The molecule has 0 aliphatic rings. The first-order valence-corrected chi connectivity index (χ1v) is 6.13. The van der Waals surface area contributed by atoms with Crippen LogP contribution in [0.15, 0.2) is 30.7 Å². The summed E-state index contributed by atoms with van der Waals surface area (Å²) in [5.74, 6) is 0.674. The van der Waals surface area contributed by atoms with Crippen molar-refractivity contribution in [1.82, 2.24) is 20.1 Å². The fourth-order valence-electron chi connectivity index (χ4n) is 1.77. The molecule has 1 amide bonds. The minimum absolute atomic E-state index is 0.0391. The van der Waals surface area contributed by atoms with Crippen LogP contribution in [0, 0.1) is 0 Å². The third-order valence-electron chi connectivity index (χ3n) is 2.69. The first-order chi connectivity index (χ1) is 9.20. The number of anilines is 1. The standard InChI is InChI=1S/C13H17N5O/c1-3-14-12-6-11(4-5-15-12)13(19)18(2)9-10-7-16-17-8-10/h4-8H,3,9H2,1-2H3,(H,14,15)(H,16,17). The number of carbonyl (C=O) groups is 1. The fraction of sp³-hybridized carbons (Fsp3) is 0.308. The van der Waals surface area contributed by atoms with Gasteiger partial charge in [-0.15, -0.1) is 0 Å². The highest BCUT2D eigenvalue weighted by Crippen LogP contribution is 2.10. The second kappa shape index (κ2) is 5.99. The average Bonchev–Trinajstić information content (AvgIpc) is 2.91. The second-order valence-corrected chi connectivity index (χ2v) is 4.23. The normalized spacial score (nSPS) is 10.2. The monoisotopic (exact) mass is 259 g/mol. The number of aromatic amines is 1. The highest BCUT2D eigenvalue weighted by Gasteiger charge is 2.13. The minimum Gasteiger partial charge on any atom is -0.370 e. The Morgan fingerprint density at radius 2 is 2.37 bits per heavy atom. The maximum Gasteiger partial charge on any atom is 0.254 e. The second-order valence-electron chi connectivity index (χ2n) is 4.23. The van der Waals surface area contributed by atoms with Crippen molar-refractivity contribution in [2.75, 3.05) is 18.9 Å². The molecule has 2 rings (SSSR count). The topological polar surface area (TPSA) is 73.9 Å². The smallest absolute Gasteiger partial charge is 0.254 e. The highest BCUT2D eigenvalue weighted by atomic mass is 16.2. The Labute approximate surface area is 111 Å². The third kappa shape index (κ3) is 3.31. The first kappa shape index (κ1) is 13.1. The Hall–Kier alpha value is -2.37. The Bertz CT molecular complexity index is 538. The van der Waals surface area contributed by atoms with Gasteiger partial charge in [0.2, 0.25) is 0 Å². The number of carbonyl (C=O) groups excluding carboxylic acids is 1. The van der Waals surface area contributed by atoms with Gasteiger partial charge in [0.15, 0.2) is 0 Å². The molecule has 0 radical (unpaired) electrons. The van der Waals surface area contributed by atoms with Crippen LogP contribution in [-0.2, 0) is 6.54 Å². The number of hydrogen-bond donors (Lipinski definition) is 2. The lowest BCUT2D eigenvalue weighted by molar-refractivity contribution is 0.0785. The zero-order valence-corrected chi connectivity index (χ0v) is 11.1. The zero-order valence-electron chi connectivity index (χ0n) is 11.1. The number of nitrogens with zero attached hydrogens (tertiary/aromatic N) is 3. The molecule has 2 aromatic heterocycles. The van der Waals surface area contributed by atoms with Crippen LogP contribution in [0.1, 0.15) is 22.8 Å². The molecule has 0 atom stereocenters. The molecule has 19 heavy (non-hydrogen) atoms. The van der Waals surface area contributed by atoms with Crippen LogP contribution in [0.4, 0.5) is 5.82 Å². The van der Waals surface area contributed by atoms with Gasteiger partial charge in [0.05, 0.1) is 6.20 Å². The summed E-state index contributed by atoms with van der Waals surface area (Å²) >= 11 is 0. The SMILES string of the molecule is CCNc1cc(C(=O)N(C)Cc2cn[nH]c2)ccn1. The van der Waals surface area contributed by atoms with E-state index >= 15 is 0 Å². The summed E-state index contributed by atoms with van der Waals surface area (Å²) in [5.41, 5.74) is 1.59. The lowest BCUT2D eigenvalue weighted by Crippen LogP contribution is -2.26. The van der Waals surface area contributed by atoms with E-state index in [1.807, 2.05) is 6.92 Å². The lowest BCUT2D eigenvalue weighted by Gasteiger charge is -2.16. The third-order valence-corrected chi connectivity index (χ3v) is 2.69. The van der Waals surface area contributed by atoms with Crippen molar-refractivity contribution in [3.8, 4) is 0 Å². The molecule has 6 heteroatoms. The van der Waals surface area contributed by atoms with Gasteiger partial charge in [-0.05, 0) is 19.1 Å². The van der Waals surface area contributed by atoms with E-state index in [1.165, 1.54) is 0 Å². The van der Waals surface area contributed by atoms with Crippen LogP contribution in [-0.4, -0.2) is 39.6 Å². The number of hydrogen-bond acceptors (Lipinski definition) is 4. The molecule has 0 unspecified atom stereocenters. The lowest BCUT2D eigenvalue weighted by atomic mass is 10.2. The predicted octanol–water partition coefficient (Wildman–Crippen LogP) is 1.51. The minimum atomic E-state index is -0.0391. The van der Waals surface area contributed by atoms with E-state index in [-0.39, 0.29) is 5.91 Å². The molecule has 2 N–H and O–H groups in total. The molecule has 0 spiro atoms. The Morgan fingerprint density at radius 3 is 3.05 bits per heavy atom. The van der Waals surface area contributed by atoms with E-state index in [1.54, 1.807) is 42.7 Å². The van der Waals surface area contributed by atoms with Crippen molar-refractivity contribution in [3.05, 3.63) is 41.9 Å². The molecule has 0 saturated heterocycles. The summed E-state index contributed by atoms with van der Waals surface area (Å²) in [6, 6.07) is 3.48. The number of rotatable bonds is 5. The summed E-state index contributed by atoms with van der Waals surface area (Å²) in [7, 11) is 1.77. The van der Waals surface area contributed by atoms with Gasteiger partial charge in [-0.1, -0.05) is 0 Å². The van der Waals surface area contributed by atoms with Gasteiger partial charge in [-0.25, -0.2) is 4.98 Å².